The van der Waals surface area contributed by atoms with Crippen LogP contribution in [0.4, 0.5) is 5.69 Å². The summed E-state index contributed by atoms with van der Waals surface area (Å²) in [6.07, 6.45) is 2.13. The third kappa shape index (κ3) is 4.09. The Hall–Kier alpha value is -2.30. The van der Waals surface area contributed by atoms with Crippen LogP contribution in [0.5, 0.6) is 11.6 Å². The van der Waals surface area contributed by atoms with Gasteiger partial charge in [0.15, 0.2) is 5.82 Å². The number of benzene rings is 1. The summed E-state index contributed by atoms with van der Waals surface area (Å²) in [5.41, 5.74) is 5.04. The molecule has 5 heteroatoms. The number of aryl methyl sites for hydroxylation is 3. The van der Waals surface area contributed by atoms with Gasteiger partial charge in [0.2, 0.25) is 5.88 Å². The maximum atomic E-state index is 5.66. The lowest BCUT2D eigenvalue weighted by molar-refractivity contribution is 0.395. The molecule has 26 heavy (non-hydrogen) atoms. The second-order valence-corrected chi connectivity index (χ2v) is 6.64. The lowest BCUT2D eigenvalue weighted by atomic mass is 10.0. The van der Waals surface area contributed by atoms with Crippen molar-refractivity contribution < 1.29 is 9.47 Å². The molecule has 0 bridgehead atoms. The minimum absolute atomic E-state index is 0.621. The number of anilines is 1. The first-order valence-corrected chi connectivity index (χ1v) is 9.29. The van der Waals surface area contributed by atoms with Gasteiger partial charge in [0.05, 0.1) is 25.5 Å². The van der Waals surface area contributed by atoms with Crippen molar-refractivity contribution in [2.75, 3.05) is 32.2 Å². The Morgan fingerprint density at radius 3 is 2.12 bits per heavy atom. The van der Waals surface area contributed by atoms with Crippen molar-refractivity contribution in [1.82, 2.24) is 9.97 Å². The summed E-state index contributed by atoms with van der Waals surface area (Å²) >= 11 is 0. The van der Waals surface area contributed by atoms with Crippen molar-refractivity contribution in [3.63, 3.8) is 0 Å². The molecule has 2 aromatic rings. The molecular weight excluding hydrogens is 326 g/mol. The molecule has 5 nitrogen and oxygen atoms in total. The van der Waals surface area contributed by atoms with E-state index in [-0.39, 0.29) is 0 Å². The van der Waals surface area contributed by atoms with E-state index in [9.17, 15) is 0 Å². The van der Waals surface area contributed by atoms with Gasteiger partial charge in [0.25, 0.3) is 0 Å². The van der Waals surface area contributed by atoms with Crippen molar-refractivity contribution in [1.29, 1.82) is 0 Å². The van der Waals surface area contributed by atoms with Gasteiger partial charge < -0.3 is 14.4 Å². The fraction of sp³-hybridized carbons (Fsp3) is 0.524. The molecule has 0 aliphatic rings. The molecule has 0 unspecified atom stereocenters. The van der Waals surface area contributed by atoms with Crippen molar-refractivity contribution in [3.8, 4) is 23.0 Å². The monoisotopic (exact) mass is 357 g/mol. The van der Waals surface area contributed by atoms with E-state index in [1.54, 1.807) is 14.2 Å². The summed E-state index contributed by atoms with van der Waals surface area (Å²) < 4.78 is 11.3. The Morgan fingerprint density at radius 1 is 0.923 bits per heavy atom. The van der Waals surface area contributed by atoms with Crippen LogP contribution in [0, 0.1) is 20.8 Å². The highest BCUT2D eigenvalue weighted by molar-refractivity contribution is 5.71. The quantitative estimate of drug-likeness (QED) is 0.684. The Balaban J connectivity index is 2.63. The number of nitrogens with zero attached hydrogens (tertiary/aromatic N) is 3. The predicted octanol–water partition coefficient (Wildman–Crippen LogP) is 4.71. The van der Waals surface area contributed by atoms with Crippen LogP contribution in [-0.4, -0.2) is 37.3 Å². The van der Waals surface area contributed by atoms with Gasteiger partial charge >= 0.3 is 0 Å². The predicted molar refractivity (Wildman–Crippen MR) is 108 cm³/mol. The molecule has 0 aliphatic carbocycles. The van der Waals surface area contributed by atoms with E-state index < -0.39 is 0 Å². The topological polar surface area (TPSA) is 47.5 Å². The Kier molecular flexibility index (Phi) is 6.83. The zero-order valence-corrected chi connectivity index (χ0v) is 17.1. The fourth-order valence-corrected chi connectivity index (χ4v) is 3.43. The van der Waals surface area contributed by atoms with E-state index in [1.807, 2.05) is 13.8 Å². The van der Waals surface area contributed by atoms with Crippen LogP contribution in [-0.2, 0) is 0 Å². The third-order valence-corrected chi connectivity index (χ3v) is 4.39. The minimum Gasteiger partial charge on any atom is -0.496 e. The zero-order valence-electron chi connectivity index (χ0n) is 17.1. The third-order valence-electron chi connectivity index (χ3n) is 4.39. The van der Waals surface area contributed by atoms with Gasteiger partial charge in [-0.3, -0.25) is 0 Å². The van der Waals surface area contributed by atoms with Crippen LogP contribution in [0.25, 0.3) is 11.4 Å². The highest BCUT2D eigenvalue weighted by Gasteiger charge is 2.21. The zero-order chi connectivity index (χ0) is 19.3. The Bertz CT molecular complexity index is 753. The van der Waals surface area contributed by atoms with Gasteiger partial charge in [-0.15, -0.1) is 0 Å². The average molecular weight is 357 g/mol. The summed E-state index contributed by atoms with van der Waals surface area (Å²) in [6, 6.07) is 4.17. The lowest BCUT2D eigenvalue weighted by Gasteiger charge is -2.26. The molecule has 2 rings (SSSR count). The van der Waals surface area contributed by atoms with E-state index in [1.165, 1.54) is 0 Å². The van der Waals surface area contributed by atoms with Crippen molar-refractivity contribution in [2.45, 2.75) is 47.5 Å². The van der Waals surface area contributed by atoms with E-state index in [2.05, 4.69) is 37.8 Å². The fourth-order valence-electron chi connectivity index (χ4n) is 3.43. The molecule has 0 fully saturated rings. The molecule has 0 atom stereocenters. The number of methoxy groups -OCH3 is 2. The number of rotatable bonds is 8. The normalized spacial score (nSPS) is 10.7. The molecule has 0 spiro atoms. The number of aromatic nitrogens is 2. The molecule has 0 amide bonds. The van der Waals surface area contributed by atoms with Crippen LogP contribution in [0.2, 0.25) is 0 Å². The van der Waals surface area contributed by atoms with E-state index >= 15 is 0 Å². The first kappa shape index (κ1) is 20.0. The van der Waals surface area contributed by atoms with Gasteiger partial charge in [-0.05, 0) is 50.8 Å². The summed E-state index contributed by atoms with van der Waals surface area (Å²) in [6.45, 7) is 12.4. The van der Waals surface area contributed by atoms with Crippen molar-refractivity contribution in [3.05, 3.63) is 29.0 Å². The summed E-state index contributed by atoms with van der Waals surface area (Å²) in [4.78, 5) is 11.9. The standard InChI is InChI=1S/C21H31N3O2/c1-8-10-24(11-9-2)18-16(5)22-20(23-21(18)26-7)17-13-14(3)12-15(4)19(17)25-6/h12-13H,8-11H2,1-7H3. The number of hydrogen-bond acceptors (Lipinski definition) is 5. The van der Waals surface area contributed by atoms with Gasteiger partial charge in [-0.1, -0.05) is 19.9 Å². The Labute approximate surface area is 157 Å². The second kappa shape index (κ2) is 8.88. The molecule has 0 N–H and O–H groups in total. The van der Waals surface area contributed by atoms with Crippen molar-refractivity contribution >= 4 is 5.69 Å². The molecule has 0 saturated heterocycles. The van der Waals surface area contributed by atoms with Gasteiger partial charge in [-0.25, -0.2) is 4.98 Å². The van der Waals surface area contributed by atoms with E-state index in [0.717, 1.165) is 59.8 Å². The second-order valence-electron chi connectivity index (χ2n) is 6.64. The maximum Gasteiger partial charge on any atom is 0.241 e. The molecular formula is C21H31N3O2. The number of hydrogen-bond donors (Lipinski definition) is 0. The van der Waals surface area contributed by atoms with E-state index in [0.29, 0.717) is 11.7 Å². The van der Waals surface area contributed by atoms with E-state index in [4.69, 9.17) is 19.4 Å². The van der Waals surface area contributed by atoms with Crippen LogP contribution in [0.1, 0.15) is 43.5 Å². The molecule has 0 saturated carbocycles. The Morgan fingerprint density at radius 2 is 1.58 bits per heavy atom. The lowest BCUT2D eigenvalue weighted by Crippen LogP contribution is -2.27. The van der Waals surface area contributed by atoms with Crippen LogP contribution < -0.4 is 14.4 Å². The van der Waals surface area contributed by atoms with Gasteiger partial charge in [0.1, 0.15) is 11.4 Å². The highest BCUT2D eigenvalue weighted by Crippen LogP contribution is 2.36. The smallest absolute Gasteiger partial charge is 0.241 e. The molecule has 0 radical (unpaired) electrons. The minimum atomic E-state index is 0.621. The molecule has 1 aromatic carbocycles. The van der Waals surface area contributed by atoms with Gasteiger partial charge in [0, 0.05) is 13.1 Å². The van der Waals surface area contributed by atoms with Crippen molar-refractivity contribution in [2.24, 2.45) is 0 Å². The summed E-state index contributed by atoms with van der Waals surface area (Å²) in [5, 5.41) is 0. The molecule has 142 valence electrons. The summed E-state index contributed by atoms with van der Waals surface area (Å²) in [5.74, 6) is 2.07. The largest absolute Gasteiger partial charge is 0.496 e. The van der Waals surface area contributed by atoms with Crippen LogP contribution >= 0.6 is 0 Å². The maximum absolute atomic E-state index is 5.66. The van der Waals surface area contributed by atoms with Crippen LogP contribution in [0.15, 0.2) is 12.1 Å². The SMILES string of the molecule is CCCN(CCC)c1c(C)nc(-c2cc(C)cc(C)c2OC)nc1OC. The first-order valence-electron chi connectivity index (χ1n) is 9.29. The average Bonchev–Trinajstić information content (AvgIpc) is 2.60. The first-order chi connectivity index (χ1) is 12.5. The molecule has 0 aliphatic heterocycles. The van der Waals surface area contributed by atoms with Crippen LogP contribution in [0.3, 0.4) is 0 Å². The highest BCUT2D eigenvalue weighted by atomic mass is 16.5. The molecule has 1 aromatic heterocycles. The summed E-state index contributed by atoms with van der Waals surface area (Å²) in [7, 11) is 3.35. The number of ether oxygens (including phenoxy) is 2. The molecule has 1 heterocycles. The van der Waals surface area contributed by atoms with Gasteiger partial charge in [-0.2, -0.15) is 4.98 Å².